The van der Waals surface area contributed by atoms with E-state index < -0.39 is 0 Å². The lowest BCUT2D eigenvalue weighted by Gasteiger charge is -2.23. The highest BCUT2D eigenvalue weighted by molar-refractivity contribution is 5.94. The Balaban J connectivity index is 1.46. The summed E-state index contributed by atoms with van der Waals surface area (Å²) in [5.74, 6) is 0.717. The summed E-state index contributed by atoms with van der Waals surface area (Å²) in [5.41, 5.74) is 2.90. The van der Waals surface area contributed by atoms with Gasteiger partial charge >= 0.3 is 5.97 Å². The molecule has 0 spiro atoms. The molecule has 0 amide bonds. The van der Waals surface area contributed by atoms with Gasteiger partial charge in [-0.05, 0) is 61.7 Å². The molecule has 0 aliphatic carbocycles. The number of benzene rings is 2. The maximum Gasteiger partial charge on any atom is 0.310 e. The second-order valence-electron chi connectivity index (χ2n) is 9.13. The van der Waals surface area contributed by atoms with Crippen LogP contribution in [0, 0.1) is 0 Å². The molecule has 0 saturated carbocycles. The van der Waals surface area contributed by atoms with Crippen molar-refractivity contribution in [2.75, 3.05) is 34.4 Å². The van der Waals surface area contributed by atoms with Crippen LogP contribution in [0.2, 0.25) is 0 Å². The number of hydrogen-bond donors (Lipinski definition) is 0. The van der Waals surface area contributed by atoms with E-state index in [0.29, 0.717) is 25.2 Å². The van der Waals surface area contributed by atoms with Crippen molar-refractivity contribution in [2.24, 2.45) is 0 Å². The van der Waals surface area contributed by atoms with Crippen LogP contribution in [0.5, 0.6) is 5.75 Å². The van der Waals surface area contributed by atoms with Crippen molar-refractivity contribution in [3.8, 4) is 5.75 Å². The smallest absolute Gasteiger partial charge is 0.310 e. The fraction of sp³-hybridized carbons (Fsp3) is 0.481. The van der Waals surface area contributed by atoms with Gasteiger partial charge in [0.2, 0.25) is 0 Å². The standard InChI is InChI=1S/C27H38NO4/c1-22(29)24-13-17-26(18-14-24)31-19-9-7-5-6-8-10-20-32-27(30)21-23-11-15-25(16-12-23)28(2,3)4/h11-18H,5-10,19-21H2,1-4H3/q+1. The Morgan fingerprint density at radius 2 is 1.31 bits per heavy atom. The lowest BCUT2D eigenvalue weighted by atomic mass is 10.1. The summed E-state index contributed by atoms with van der Waals surface area (Å²) in [6, 6.07) is 15.4. The van der Waals surface area contributed by atoms with E-state index in [4.69, 9.17) is 9.47 Å². The third kappa shape index (κ3) is 9.65. The minimum Gasteiger partial charge on any atom is -0.494 e. The van der Waals surface area contributed by atoms with E-state index in [2.05, 4.69) is 33.3 Å². The minimum atomic E-state index is -0.156. The van der Waals surface area contributed by atoms with Crippen molar-refractivity contribution >= 4 is 17.4 Å². The van der Waals surface area contributed by atoms with Crippen LogP contribution in [0.25, 0.3) is 0 Å². The number of ketones is 1. The Hall–Kier alpha value is -2.66. The zero-order chi connectivity index (χ0) is 23.4. The molecule has 32 heavy (non-hydrogen) atoms. The number of nitrogens with zero attached hydrogens (tertiary/aromatic N) is 1. The van der Waals surface area contributed by atoms with E-state index in [-0.39, 0.29) is 11.8 Å². The van der Waals surface area contributed by atoms with E-state index in [0.717, 1.165) is 54.3 Å². The molecule has 0 bridgehead atoms. The molecule has 2 rings (SSSR count). The number of Topliss-reactive ketones (excluding diaryl/α,β-unsaturated/α-hetero) is 1. The lowest BCUT2D eigenvalue weighted by Crippen LogP contribution is -2.34. The number of carbonyl (C=O) groups is 2. The lowest BCUT2D eigenvalue weighted by molar-refractivity contribution is -0.142. The predicted molar refractivity (Wildman–Crippen MR) is 130 cm³/mol. The molecular formula is C27H38NO4+. The number of unbranched alkanes of at least 4 members (excludes halogenated alkanes) is 5. The first kappa shape index (κ1) is 25.6. The van der Waals surface area contributed by atoms with Crippen LogP contribution in [0.3, 0.4) is 0 Å². The van der Waals surface area contributed by atoms with Gasteiger partial charge in [-0.2, -0.15) is 0 Å². The summed E-state index contributed by atoms with van der Waals surface area (Å²) in [6.45, 7) is 2.74. The van der Waals surface area contributed by atoms with Gasteiger partial charge in [-0.25, -0.2) is 0 Å². The summed E-state index contributed by atoms with van der Waals surface area (Å²) in [5, 5.41) is 0. The van der Waals surface area contributed by atoms with E-state index in [1.807, 2.05) is 24.3 Å². The van der Waals surface area contributed by atoms with Crippen LogP contribution in [0.1, 0.15) is 61.4 Å². The van der Waals surface area contributed by atoms with Crippen molar-refractivity contribution in [3.05, 3.63) is 59.7 Å². The van der Waals surface area contributed by atoms with Gasteiger partial charge in [0.1, 0.15) is 11.4 Å². The molecule has 0 aliphatic rings. The normalized spacial score (nSPS) is 11.2. The Bertz CT molecular complexity index is 835. The molecule has 0 fully saturated rings. The molecule has 0 heterocycles. The van der Waals surface area contributed by atoms with Gasteiger partial charge in [0.25, 0.3) is 0 Å². The molecule has 0 aliphatic heterocycles. The maximum atomic E-state index is 12.0. The minimum absolute atomic E-state index is 0.0663. The summed E-state index contributed by atoms with van der Waals surface area (Å²) < 4.78 is 11.8. The third-order valence-corrected chi connectivity index (χ3v) is 5.39. The van der Waals surface area contributed by atoms with E-state index >= 15 is 0 Å². The van der Waals surface area contributed by atoms with Crippen LogP contribution >= 0.6 is 0 Å². The summed E-state index contributed by atoms with van der Waals surface area (Å²) >= 11 is 0. The highest BCUT2D eigenvalue weighted by atomic mass is 16.5. The number of esters is 1. The van der Waals surface area contributed by atoms with Gasteiger partial charge in [0.05, 0.1) is 40.8 Å². The van der Waals surface area contributed by atoms with E-state index in [1.165, 1.54) is 5.69 Å². The summed E-state index contributed by atoms with van der Waals surface area (Å²) in [6.07, 6.45) is 6.72. The monoisotopic (exact) mass is 440 g/mol. The number of carbonyl (C=O) groups excluding carboxylic acids is 2. The van der Waals surface area contributed by atoms with Crippen LogP contribution in [-0.4, -0.2) is 46.1 Å². The first-order valence-corrected chi connectivity index (χ1v) is 11.6. The Labute approximate surface area is 192 Å². The van der Waals surface area contributed by atoms with Crippen LogP contribution in [0.15, 0.2) is 48.5 Å². The van der Waals surface area contributed by atoms with E-state index in [1.54, 1.807) is 19.1 Å². The van der Waals surface area contributed by atoms with Crippen molar-refractivity contribution in [1.82, 2.24) is 4.48 Å². The van der Waals surface area contributed by atoms with Gasteiger partial charge in [-0.3, -0.25) is 14.1 Å². The predicted octanol–water partition coefficient (Wildman–Crippen LogP) is 5.59. The molecule has 2 aromatic rings. The van der Waals surface area contributed by atoms with Crippen molar-refractivity contribution in [2.45, 2.75) is 51.9 Å². The first-order valence-electron chi connectivity index (χ1n) is 11.6. The number of rotatable bonds is 14. The average molecular weight is 441 g/mol. The van der Waals surface area contributed by atoms with Gasteiger partial charge in [0.15, 0.2) is 5.78 Å². The van der Waals surface area contributed by atoms with Crippen molar-refractivity contribution < 1.29 is 19.1 Å². The van der Waals surface area contributed by atoms with Crippen LogP contribution in [-0.2, 0) is 16.0 Å². The van der Waals surface area contributed by atoms with Gasteiger partial charge in [0, 0.05) is 5.56 Å². The van der Waals surface area contributed by atoms with Crippen LogP contribution < -0.4 is 9.22 Å². The van der Waals surface area contributed by atoms with Gasteiger partial charge in [-0.1, -0.05) is 37.8 Å². The van der Waals surface area contributed by atoms with Gasteiger partial charge < -0.3 is 9.47 Å². The topological polar surface area (TPSA) is 52.6 Å². The summed E-state index contributed by atoms with van der Waals surface area (Å²) in [7, 11) is 6.36. The zero-order valence-electron chi connectivity index (χ0n) is 20.1. The molecule has 5 heteroatoms. The Morgan fingerprint density at radius 1 is 0.750 bits per heavy atom. The quantitative estimate of drug-likeness (QED) is 0.166. The molecule has 0 unspecified atom stereocenters. The van der Waals surface area contributed by atoms with E-state index in [9.17, 15) is 9.59 Å². The second-order valence-corrected chi connectivity index (χ2v) is 9.13. The second kappa shape index (κ2) is 13.0. The highest BCUT2D eigenvalue weighted by Gasteiger charge is 2.12. The molecule has 0 N–H and O–H groups in total. The Morgan fingerprint density at radius 3 is 1.88 bits per heavy atom. The molecule has 5 nitrogen and oxygen atoms in total. The molecule has 0 radical (unpaired) electrons. The number of ether oxygens (including phenoxy) is 2. The molecule has 2 aromatic carbocycles. The fourth-order valence-electron chi connectivity index (χ4n) is 3.35. The number of hydrogen-bond acceptors (Lipinski definition) is 4. The SMILES string of the molecule is CC(=O)c1ccc(OCCCCCCCCOC(=O)Cc2ccc([N+](C)(C)C)cc2)cc1. The van der Waals surface area contributed by atoms with Crippen LogP contribution in [0.4, 0.5) is 5.69 Å². The molecule has 0 aromatic heterocycles. The first-order chi connectivity index (χ1) is 15.3. The number of quaternary nitrogens is 1. The largest absolute Gasteiger partial charge is 0.494 e. The highest BCUT2D eigenvalue weighted by Crippen LogP contribution is 2.18. The molecule has 0 atom stereocenters. The molecule has 0 saturated heterocycles. The molecule has 174 valence electrons. The maximum absolute atomic E-state index is 12.0. The molecular weight excluding hydrogens is 402 g/mol. The van der Waals surface area contributed by atoms with Crippen molar-refractivity contribution in [3.63, 3.8) is 0 Å². The fourth-order valence-corrected chi connectivity index (χ4v) is 3.35. The summed E-state index contributed by atoms with van der Waals surface area (Å²) in [4.78, 5) is 23.3. The van der Waals surface area contributed by atoms with Gasteiger partial charge in [-0.15, -0.1) is 0 Å². The van der Waals surface area contributed by atoms with Crippen molar-refractivity contribution in [1.29, 1.82) is 0 Å². The third-order valence-electron chi connectivity index (χ3n) is 5.39. The Kier molecular flexibility index (Phi) is 10.4. The zero-order valence-corrected chi connectivity index (χ0v) is 20.1. The average Bonchev–Trinajstić information content (AvgIpc) is 2.75.